The van der Waals surface area contributed by atoms with E-state index in [1.165, 1.54) is 12.8 Å². The van der Waals surface area contributed by atoms with E-state index in [1.807, 2.05) is 12.1 Å². The summed E-state index contributed by atoms with van der Waals surface area (Å²) >= 11 is 1.15. The Labute approximate surface area is 156 Å². The SMILES string of the molecule is CC(Sc1ccccc1C(=O)Nc1ccc(OCC2CC2)cc1)C(=O)O. The molecule has 1 amide bonds. The van der Waals surface area contributed by atoms with Crippen molar-refractivity contribution in [3.63, 3.8) is 0 Å². The van der Waals surface area contributed by atoms with Crippen LogP contribution in [0.1, 0.15) is 30.1 Å². The predicted octanol–water partition coefficient (Wildman–Crippen LogP) is 4.29. The largest absolute Gasteiger partial charge is 0.493 e. The lowest BCUT2D eigenvalue weighted by Gasteiger charge is -2.12. The van der Waals surface area contributed by atoms with Gasteiger partial charge in [0.25, 0.3) is 5.91 Å². The fourth-order valence-electron chi connectivity index (χ4n) is 2.33. The van der Waals surface area contributed by atoms with Gasteiger partial charge in [-0.05, 0) is 62.1 Å². The third kappa shape index (κ3) is 5.02. The van der Waals surface area contributed by atoms with E-state index in [-0.39, 0.29) is 5.91 Å². The van der Waals surface area contributed by atoms with Gasteiger partial charge in [0.2, 0.25) is 0 Å². The number of anilines is 1. The van der Waals surface area contributed by atoms with Crippen molar-refractivity contribution >= 4 is 29.3 Å². The van der Waals surface area contributed by atoms with Crippen LogP contribution in [0, 0.1) is 5.92 Å². The highest BCUT2D eigenvalue weighted by molar-refractivity contribution is 8.00. The molecule has 26 heavy (non-hydrogen) atoms. The van der Waals surface area contributed by atoms with Gasteiger partial charge in [0.05, 0.1) is 12.2 Å². The number of ether oxygens (including phenoxy) is 1. The maximum absolute atomic E-state index is 12.6. The van der Waals surface area contributed by atoms with E-state index >= 15 is 0 Å². The molecule has 1 aliphatic carbocycles. The van der Waals surface area contributed by atoms with Crippen LogP contribution in [0.3, 0.4) is 0 Å². The summed E-state index contributed by atoms with van der Waals surface area (Å²) < 4.78 is 5.69. The Morgan fingerprint density at radius 1 is 1.19 bits per heavy atom. The molecule has 1 fully saturated rings. The maximum atomic E-state index is 12.6. The van der Waals surface area contributed by atoms with Crippen LogP contribution in [0.5, 0.6) is 5.75 Å². The molecule has 0 spiro atoms. The molecule has 0 bridgehead atoms. The standard InChI is InChI=1S/C20H21NO4S/c1-13(20(23)24)26-18-5-3-2-4-17(18)19(22)21-15-8-10-16(11-9-15)25-12-14-6-7-14/h2-5,8-11,13-14H,6-7,12H2,1H3,(H,21,22)(H,23,24). The van der Waals surface area contributed by atoms with E-state index in [9.17, 15) is 9.59 Å². The lowest BCUT2D eigenvalue weighted by Crippen LogP contribution is -2.15. The minimum atomic E-state index is -0.910. The Morgan fingerprint density at radius 3 is 2.54 bits per heavy atom. The Bertz CT molecular complexity index is 787. The second-order valence-electron chi connectivity index (χ2n) is 6.33. The third-order valence-corrected chi connectivity index (χ3v) is 5.24. The van der Waals surface area contributed by atoms with E-state index in [0.717, 1.165) is 24.1 Å². The normalized spacial score (nSPS) is 14.5. The highest BCUT2D eigenvalue weighted by atomic mass is 32.2. The lowest BCUT2D eigenvalue weighted by molar-refractivity contribution is -0.136. The van der Waals surface area contributed by atoms with Crippen molar-refractivity contribution in [2.24, 2.45) is 5.92 Å². The smallest absolute Gasteiger partial charge is 0.316 e. The molecular weight excluding hydrogens is 350 g/mol. The molecular formula is C20H21NO4S. The summed E-state index contributed by atoms with van der Waals surface area (Å²) in [6, 6.07) is 14.3. The van der Waals surface area contributed by atoms with Gasteiger partial charge in [0, 0.05) is 10.6 Å². The summed E-state index contributed by atoms with van der Waals surface area (Å²) in [5.41, 5.74) is 1.12. The Hall–Kier alpha value is -2.47. The van der Waals surface area contributed by atoms with Gasteiger partial charge >= 0.3 is 5.97 Å². The highest BCUT2D eigenvalue weighted by Crippen LogP contribution is 2.30. The van der Waals surface area contributed by atoms with Crippen molar-refractivity contribution in [3.05, 3.63) is 54.1 Å². The van der Waals surface area contributed by atoms with Crippen LogP contribution in [-0.2, 0) is 4.79 Å². The third-order valence-electron chi connectivity index (χ3n) is 4.08. The number of hydrogen-bond donors (Lipinski definition) is 2. The molecule has 2 N–H and O–H groups in total. The molecule has 136 valence electrons. The number of rotatable bonds is 8. The highest BCUT2D eigenvalue weighted by Gasteiger charge is 2.22. The van der Waals surface area contributed by atoms with Crippen LogP contribution in [0.25, 0.3) is 0 Å². The number of hydrogen-bond acceptors (Lipinski definition) is 4. The minimum absolute atomic E-state index is 0.266. The first-order chi connectivity index (χ1) is 12.5. The molecule has 2 aromatic rings. The zero-order valence-electron chi connectivity index (χ0n) is 14.5. The molecule has 0 radical (unpaired) electrons. The average molecular weight is 371 g/mol. The monoisotopic (exact) mass is 371 g/mol. The topological polar surface area (TPSA) is 75.6 Å². The number of carboxylic acids is 1. The molecule has 3 rings (SSSR count). The van der Waals surface area contributed by atoms with Crippen LogP contribution < -0.4 is 10.1 Å². The van der Waals surface area contributed by atoms with Gasteiger partial charge in [-0.15, -0.1) is 11.8 Å². The number of nitrogens with one attached hydrogen (secondary N) is 1. The van der Waals surface area contributed by atoms with E-state index in [2.05, 4.69) is 5.32 Å². The van der Waals surface area contributed by atoms with Crippen LogP contribution in [0.2, 0.25) is 0 Å². The summed E-state index contributed by atoms with van der Waals surface area (Å²) in [6.45, 7) is 2.35. The maximum Gasteiger partial charge on any atom is 0.316 e. The lowest BCUT2D eigenvalue weighted by atomic mass is 10.2. The summed E-state index contributed by atoms with van der Waals surface area (Å²) in [5, 5.41) is 11.3. The van der Waals surface area contributed by atoms with Crippen molar-refractivity contribution in [3.8, 4) is 5.75 Å². The summed E-state index contributed by atoms with van der Waals surface area (Å²) in [5.74, 6) is 0.307. The molecule has 1 saturated carbocycles. The summed E-state index contributed by atoms with van der Waals surface area (Å²) in [4.78, 5) is 24.3. The number of aliphatic carboxylic acids is 1. The molecule has 6 heteroatoms. The molecule has 1 atom stereocenters. The first kappa shape index (κ1) is 18.3. The van der Waals surface area contributed by atoms with Crippen molar-refractivity contribution in [2.75, 3.05) is 11.9 Å². The van der Waals surface area contributed by atoms with Crippen molar-refractivity contribution in [2.45, 2.75) is 29.9 Å². The van der Waals surface area contributed by atoms with E-state index in [4.69, 9.17) is 9.84 Å². The first-order valence-corrected chi connectivity index (χ1v) is 9.43. The van der Waals surface area contributed by atoms with Crippen LogP contribution in [0.4, 0.5) is 5.69 Å². The van der Waals surface area contributed by atoms with E-state index in [1.54, 1.807) is 43.3 Å². The van der Waals surface area contributed by atoms with Gasteiger partial charge in [0.15, 0.2) is 0 Å². The Kier molecular flexibility index (Phi) is 5.83. The average Bonchev–Trinajstić information content (AvgIpc) is 3.46. The number of thioether (sulfide) groups is 1. The number of benzene rings is 2. The molecule has 1 unspecified atom stereocenters. The fraction of sp³-hybridized carbons (Fsp3) is 0.300. The number of carbonyl (C=O) groups excluding carboxylic acids is 1. The second-order valence-corrected chi connectivity index (χ2v) is 7.71. The molecule has 2 aromatic carbocycles. The molecule has 0 saturated heterocycles. The van der Waals surface area contributed by atoms with E-state index < -0.39 is 11.2 Å². The van der Waals surface area contributed by atoms with Gasteiger partial charge < -0.3 is 15.2 Å². The fourth-order valence-corrected chi connectivity index (χ4v) is 3.26. The van der Waals surface area contributed by atoms with Gasteiger partial charge in [0.1, 0.15) is 11.0 Å². The van der Waals surface area contributed by atoms with Gasteiger partial charge in [-0.25, -0.2) is 0 Å². The number of carbonyl (C=O) groups is 2. The summed E-state index contributed by atoms with van der Waals surface area (Å²) in [6.07, 6.45) is 2.48. The molecule has 0 aliphatic heterocycles. The van der Waals surface area contributed by atoms with Crippen LogP contribution in [-0.4, -0.2) is 28.8 Å². The van der Waals surface area contributed by atoms with Crippen LogP contribution in [0.15, 0.2) is 53.4 Å². The Morgan fingerprint density at radius 2 is 1.88 bits per heavy atom. The number of amides is 1. The van der Waals surface area contributed by atoms with Gasteiger partial charge in [-0.1, -0.05) is 12.1 Å². The zero-order chi connectivity index (χ0) is 18.5. The van der Waals surface area contributed by atoms with Gasteiger partial charge in [-0.3, -0.25) is 9.59 Å². The van der Waals surface area contributed by atoms with E-state index in [0.29, 0.717) is 22.1 Å². The molecule has 1 aliphatic rings. The molecule has 0 aromatic heterocycles. The Balaban J connectivity index is 1.64. The molecule has 0 heterocycles. The van der Waals surface area contributed by atoms with Crippen molar-refractivity contribution < 1.29 is 19.4 Å². The predicted molar refractivity (Wildman–Crippen MR) is 102 cm³/mol. The summed E-state index contributed by atoms with van der Waals surface area (Å²) in [7, 11) is 0. The minimum Gasteiger partial charge on any atom is -0.493 e. The van der Waals surface area contributed by atoms with Crippen molar-refractivity contribution in [1.29, 1.82) is 0 Å². The van der Waals surface area contributed by atoms with Gasteiger partial charge in [-0.2, -0.15) is 0 Å². The van der Waals surface area contributed by atoms with Crippen molar-refractivity contribution in [1.82, 2.24) is 0 Å². The first-order valence-electron chi connectivity index (χ1n) is 8.55. The second kappa shape index (κ2) is 8.27. The number of carboxylic acid groups (broad SMARTS) is 1. The quantitative estimate of drug-likeness (QED) is 0.677. The zero-order valence-corrected chi connectivity index (χ0v) is 15.3. The van der Waals surface area contributed by atoms with Crippen LogP contribution >= 0.6 is 11.8 Å². The molecule has 5 nitrogen and oxygen atoms in total.